The molecule has 3 rings (SSSR count). The number of amides is 1. The minimum Gasteiger partial charge on any atom is -0.334 e. The Balaban J connectivity index is 1.86. The molecule has 0 saturated heterocycles. The Bertz CT molecular complexity index is 882. The molecular formula is C19H17N3O3S. The molecule has 0 radical (unpaired) electrons. The second-order valence-corrected chi connectivity index (χ2v) is 6.72. The molecule has 1 amide bonds. The topological polar surface area (TPSA) is 76.3 Å². The van der Waals surface area contributed by atoms with E-state index >= 15 is 0 Å². The highest BCUT2D eigenvalue weighted by atomic mass is 32.1. The number of thiophene rings is 1. The predicted molar refractivity (Wildman–Crippen MR) is 100 cm³/mol. The Hall–Kier alpha value is -3.06. The van der Waals surface area contributed by atoms with Gasteiger partial charge in [-0.3, -0.25) is 19.9 Å². The largest absolute Gasteiger partial charge is 0.334 e. The number of rotatable bonds is 7. The number of aromatic nitrogens is 1. The van der Waals surface area contributed by atoms with Gasteiger partial charge in [-0.2, -0.15) is 0 Å². The molecule has 1 aromatic carbocycles. The number of nitro groups is 1. The van der Waals surface area contributed by atoms with Crippen LogP contribution in [0.3, 0.4) is 0 Å². The summed E-state index contributed by atoms with van der Waals surface area (Å²) < 4.78 is 0. The average Bonchev–Trinajstić information content (AvgIpc) is 3.19. The SMILES string of the molecule is O=C(c1ccccc1[N+](=O)[O-])N(CCc1cccs1)Cc1cccnc1. The molecule has 0 spiro atoms. The van der Waals surface area contributed by atoms with Gasteiger partial charge in [0.15, 0.2) is 0 Å². The van der Waals surface area contributed by atoms with Crippen LogP contribution >= 0.6 is 11.3 Å². The lowest BCUT2D eigenvalue weighted by Crippen LogP contribution is -2.32. The van der Waals surface area contributed by atoms with Crippen LogP contribution in [0.4, 0.5) is 5.69 Å². The van der Waals surface area contributed by atoms with E-state index in [-0.39, 0.29) is 17.2 Å². The molecule has 0 N–H and O–H groups in total. The monoisotopic (exact) mass is 367 g/mol. The smallest absolute Gasteiger partial charge is 0.282 e. The molecule has 0 aliphatic heterocycles. The van der Waals surface area contributed by atoms with E-state index in [0.29, 0.717) is 19.5 Å². The van der Waals surface area contributed by atoms with Gasteiger partial charge >= 0.3 is 0 Å². The number of nitro benzene ring substituents is 1. The van der Waals surface area contributed by atoms with Gasteiger partial charge in [0.1, 0.15) is 5.56 Å². The zero-order valence-electron chi connectivity index (χ0n) is 13.9. The number of nitrogens with zero attached hydrogens (tertiary/aromatic N) is 3. The highest BCUT2D eigenvalue weighted by Crippen LogP contribution is 2.21. The minimum absolute atomic E-state index is 0.104. The van der Waals surface area contributed by atoms with Crippen molar-refractivity contribution in [2.45, 2.75) is 13.0 Å². The summed E-state index contributed by atoms with van der Waals surface area (Å²) in [5, 5.41) is 13.3. The lowest BCUT2D eigenvalue weighted by Gasteiger charge is -2.22. The van der Waals surface area contributed by atoms with Gasteiger partial charge in [-0.15, -0.1) is 11.3 Å². The van der Waals surface area contributed by atoms with E-state index < -0.39 is 4.92 Å². The van der Waals surface area contributed by atoms with Gasteiger partial charge in [0.2, 0.25) is 0 Å². The van der Waals surface area contributed by atoms with Crippen LogP contribution in [-0.2, 0) is 13.0 Å². The molecule has 0 unspecified atom stereocenters. The zero-order chi connectivity index (χ0) is 18.4. The summed E-state index contributed by atoms with van der Waals surface area (Å²) in [6.45, 7) is 0.824. The fourth-order valence-corrected chi connectivity index (χ4v) is 3.35. The van der Waals surface area contributed by atoms with Crippen molar-refractivity contribution in [1.82, 2.24) is 9.88 Å². The summed E-state index contributed by atoms with van der Waals surface area (Å²) >= 11 is 1.63. The molecule has 3 aromatic rings. The number of para-hydroxylation sites is 1. The van der Waals surface area contributed by atoms with E-state index in [1.165, 1.54) is 12.1 Å². The van der Waals surface area contributed by atoms with E-state index in [9.17, 15) is 14.9 Å². The molecule has 0 saturated carbocycles. The van der Waals surface area contributed by atoms with E-state index in [1.807, 2.05) is 29.6 Å². The van der Waals surface area contributed by atoms with Gasteiger partial charge in [-0.25, -0.2) is 0 Å². The molecule has 26 heavy (non-hydrogen) atoms. The van der Waals surface area contributed by atoms with Crippen LogP contribution in [0.1, 0.15) is 20.8 Å². The number of carbonyl (C=O) groups excluding carboxylic acids is 1. The van der Waals surface area contributed by atoms with Gasteiger partial charge < -0.3 is 4.90 Å². The average molecular weight is 367 g/mol. The molecule has 0 fully saturated rings. The Labute approximate surface area is 154 Å². The van der Waals surface area contributed by atoms with Gasteiger partial charge in [-0.1, -0.05) is 24.3 Å². The Kier molecular flexibility index (Phi) is 5.70. The number of pyridine rings is 1. The highest BCUT2D eigenvalue weighted by Gasteiger charge is 2.24. The first-order valence-electron chi connectivity index (χ1n) is 8.09. The molecule has 0 aliphatic rings. The van der Waals surface area contributed by atoms with Crippen LogP contribution in [0.5, 0.6) is 0 Å². The standard InChI is InChI=1S/C19H17N3O3S/c23-19(17-7-1-2-8-18(17)22(24)25)21(11-9-16-6-4-12-26-16)14-15-5-3-10-20-13-15/h1-8,10,12-13H,9,11,14H2. The van der Waals surface area contributed by atoms with E-state index in [0.717, 1.165) is 10.4 Å². The number of benzene rings is 1. The van der Waals surface area contributed by atoms with Crippen LogP contribution < -0.4 is 0 Å². The van der Waals surface area contributed by atoms with Gasteiger partial charge in [0.25, 0.3) is 11.6 Å². The summed E-state index contributed by atoms with van der Waals surface area (Å²) in [4.78, 5) is 30.7. The van der Waals surface area contributed by atoms with Crippen molar-refractivity contribution in [2.75, 3.05) is 6.54 Å². The second kappa shape index (κ2) is 8.35. The van der Waals surface area contributed by atoms with Crippen molar-refractivity contribution in [3.05, 3.63) is 92.4 Å². The maximum Gasteiger partial charge on any atom is 0.282 e. The molecule has 6 nitrogen and oxygen atoms in total. The molecule has 0 atom stereocenters. The van der Waals surface area contributed by atoms with Crippen LogP contribution in [-0.4, -0.2) is 27.3 Å². The molecular weight excluding hydrogens is 350 g/mol. The summed E-state index contributed by atoms with van der Waals surface area (Å²) in [6, 6.07) is 13.7. The zero-order valence-corrected chi connectivity index (χ0v) is 14.8. The number of hydrogen-bond acceptors (Lipinski definition) is 5. The highest BCUT2D eigenvalue weighted by molar-refractivity contribution is 7.09. The Morgan fingerprint density at radius 1 is 1.15 bits per heavy atom. The number of carbonyl (C=O) groups is 1. The maximum absolute atomic E-state index is 13.0. The fraction of sp³-hybridized carbons (Fsp3) is 0.158. The van der Waals surface area contributed by atoms with Crippen LogP contribution in [0.15, 0.2) is 66.3 Å². The molecule has 7 heteroatoms. The number of hydrogen-bond donors (Lipinski definition) is 0. The molecule has 0 bridgehead atoms. The summed E-state index contributed by atoms with van der Waals surface area (Å²) in [5.41, 5.74) is 0.808. The Morgan fingerprint density at radius 2 is 2.00 bits per heavy atom. The van der Waals surface area contributed by atoms with Gasteiger partial charge in [-0.05, 0) is 35.6 Å². The molecule has 2 aromatic heterocycles. The van der Waals surface area contributed by atoms with E-state index in [1.54, 1.807) is 40.8 Å². The summed E-state index contributed by atoms with van der Waals surface area (Å²) in [6.07, 6.45) is 4.07. The first-order chi connectivity index (χ1) is 12.6. The van der Waals surface area contributed by atoms with Crippen molar-refractivity contribution < 1.29 is 9.72 Å². The van der Waals surface area contributed by atoms with Crippen molar-refractivity contribution in [3.8, 4) is 0 Å². The Morgan fingerprint density at radius 3 is 2.69 bits per heavy atom. The van der Waals surface area contributed by atoms with Crippen molar-refractivity contribution >= 4 is 22.9 Å². The third-order valence-corrected chi connectivity index (χ3v) is 4.86. The third kappa shape index (κ3) is 4.31. The molecule has 0 aliphatic carbocycles. The van der Waals surface area contributed by atoms with Crippen LogP contribution in [0.2, 0.25) is 0 Å². The van der Waals surface area contributed by atoms with Crippen molar-refractivity contribution in [3.63, 3.8) is 0 Å². The normalized spacial score (nSPS) is 10.5. The quantitative estimate of drug-likeness (QED) is 0.468. The molecule has 132 valence electrons. The lowest BCUT2D eigenvalue weighted by atomic mass is 10.1. The molecule has 2 heterocycles. The van der Waals surface area contributed by atoms with E-state index in [2.05, 4.69) is 4.98 Å². The van der Waals surface area contributed by atoms with Crippen molar-refractivity contribution in [2.24, 2.45) is 0 Å². The first kappa shape index (κ1) is 17.8. The first-order valence-corrected chi connectivity index (χ1v) is 8.97. The second-order valence-electron chi connectivity index (χ2n) is 5.69. The predicted octanol–water partition coefficient (Wildman–Crippen LogP) is 3.94. The van der Waals surface area contributed by atoms with Gasteiger partial charge in [0.05, 0.1) is 4.92 Å². The third-order valence-electron chi connectivity index (χ3n) is 3.92. The van der Waals surface area contributed by atoms with Crippen LogP contribution in [0.25, 0.3) is 0 Å². The van der Waals surface area contributed by atoms with Crippen molar-refractivity contribution in [1.29, 1.82) is 0 Å². The van der Waals surface area contributed by atoms with Crippen LogP contribution in [0, 0.1) is 10.1 Å². The van der Waals surface area contributed by atoms with E-state index in [4.69, 9.17) is 0 Å². The van der Waals surface area contributed by atoms with Gasteiger partial charge in [0, 0.05) is 36.4 Å². The fourth-order valence-electron chi connectivity index (χ4n) is 2.65. The maximum atomic E-state index is 13.0. The lowest BCUT2D eigenvalue weighted by molar-refractivity contribution is -0.385. The summed E-state index contributed by atoms with van der Waals surface area (Å²) in [7, 11) is 0. The summed E-state index contributed by atoms with van der Waals surface area (Å²) in [5.74, 6) is -0.349. The minimum atomic E-state index is -0.519.